The maximum Gasteiger partial charge on any atom is 0.337 e. The summed E-state index contributed by atoms with van der Waals surface area (Å²) in [6.45, 7) is 13.8. The molecule has 3 aromatic rings. The Morgan fingerprint density at radius 2 is 1.78 bits per heavy atom. The van der Waals surface area contributed by atoms with Gasteiger partial charge in [-0.15, -0.1) is 0 Å². The van der Waals surface area contributed by atoms with Gasteiger partial charge in [-0.1, -0.05) is 56.0 Å². The topological polar surface area (TPSA) is 98.9 Å². The van der Waals surface area contributed by atoms with Crippen molar-refractivity contribution < 1.29 is 27.2 Å². The first-order valence-electron chi connectivity index (χ1n) is 12.2. The predicted molar refractivity (Wildman–Crippen MR) is 147 cm³/mol. The van der Waals surface area contributed by atoms with Crippen LogP contribution in [-0.2, 0) is 25.9 Å². The van der Waals surface area contributed by atoms with Gasteiger partial charge in [0, 0.05) is 16.9 Å². The van der Waals surface area contributed by atoms with Gasteiger partial charge in [-0.05, 0) is 56.5 Å². The number of aromatic nitrogens is 1. The summed E-state index contributed by atoms with van der Waals surface area (Å²) in [5, 5.41) is 3.99. The zero-order chi connectivity index (χ0) is 27.5. The molecular weight excluding hydrogens is 508 g/mol. The van der Waals surface area contributed by atoms with Gasteiger partial charge in [-0.2, -0.15) is 0 Å². The van der Waals surface area contributed by atoms with Crippen molar-refractivity contribution >= 4 is 30.0 Å². The van der Waals surface area contributed by atoms with E-state index in [1.807, 2.05) is 13.8 Å². The van der Waals surface area contributed by atoms with E-state index >= 15 is 0 Å². The summed E-state index contributed by atoms with van der Waals surface area (Å²) in [4.78, 5) is 12.2. The first kappa shape index (κ1) is 28.6. The molecule has 1 atom stereocenters. The summed E-state index contributed by atoms with van der Waals surface area (Å²) in [7, 11) is -4.51. The lowest BCUT2D eigenvalue weighted by molar-refractivity contribution is 0.0600. The number of esters is 1. The van der Waals surface area contributed by atoms with Crippen LogP contribution in [0.2, 0.25) is 19.6 Å². The number of carbonyl (C=O) groups excluding carboxylic acids is 1. The van der Waals surface area contributed by atoms with Gasteiger partial charge >= 0.3 is 5.97 Å². The SMILES string of the molecule is CCc1cc(C(=O)OC)ccc1-c1ccccc1S(=O)(=O)N(COC(C)[Si](C)(C)C)c1onc(C)c1C. The molecule has 0 aliphatic heterocycles. The molecule has 0 fully saturated rings. The highest BCUT2D eigenvalue weighted by Gasteiger charge is 2.34. The minimum Gasteiger partial charge on any atom is -0.465 e. The van der Waals surface area contributed by atoms with Gasteiger partial charge in [0.15, 0.2) is 0 Å². The predicted octanol–water partition coefficient (Wildman–Crippen LogP) is 5.74. The van der Waals surface area contributed by atoms with Crippen LogP contribution in [0.4, 0.5) is 5.88 Å². The molecule has 8 nitrogen and oxygen atoms in total. The van der Waals surface area contributed by atoms with E-state index in [-0.39, 0.29) is 23.2 Å². The second-order valence-electron chi connectivity index (χ2n) is 10.1. The van der Waals surface area contributed by atoms with E-state index in [0.29, 0.717) is 28.8 Å². The molecular formula is C27H36N2O6SSi. The van der Waals surface area contributed by atoms with Crippen LogP contribution in [-0.4, -0.2) is 47.2 Å². The third-order valence-corrected chi connectivity index (χ3v) is 11.0. The Labute approximate surface area is 220 Å². The van der Waals surface area contributed by atoms with E-state index in [1.54, 1.807) is 56.3 Å². The van der Waals surface area contributed by atoms with Gasteiger partial charge in [0.1, 0.15) is 6.73 Å². The lowest BCUT2D eigenvalue weighted by Crippen LogP contribution is -2.42. The molecule has 0 aliphatic rings. The molecule has 0 spiro atoms. The van der Waals surface area contributed by atoms with Crippen LogP contribution < -0.4 is 4.31 Å². The summed E-state index contributed by atoms with van der Waals surface area (Å²) < 4.78 is 46.2. The number of hydrogen-bond donors (Lipinski definition) is 0. The Hall–Kier alpha value is -2.95. The zero-order valence-corrected chi connectivity index (χ0v) is 24.6. The molecule has 10 heteroatoms. The quantitative estimate of drug-likeness (QED) is 0.182. The molecule has 0 N–H and O–H groups in total. The summed E-state index contributed by atoms with van der Waals surface area (Å²) in [5.74, 6) is -0.315. The summed E-state index contributed by atoms with van der Waals surface area (Å²) in [6.07, 6.45) is 0.593. The number of ether oxygens (including phenoxy) is 2. The molecule has 0 aliphatic carbocycles. The van der Waals surface area contributed by atoms with Crippen LogP contribution in [0.15, 0.2) is 51.9 Å². The van der Waals surface area contributed by atoms with Gasteiger partial charge in [-0.3, -0.25) is 0 Å². The molecule has 1 aromatic heterocycles. The average Bonchev–Trinajstić information content (AvgIpc) is 3.20. The van der Waals surface area contributed by atoms with E-state index < -0.39 is 24.1 Å². The fourth-order valence-electron chi connectivity index (χ4n) is 3.73. The highest BCUT2D eigenvalue weighted by Crippen LogP contribution is 2.36. The highest BCUT2D eigenvalue weighted by molar-refractivity contribution is 7.93. The summed E-state index contributed by atoms with van der Waals surface area (Å²) in [5.41, 5.74) is 3.61. The van der Waals surface area contributed by atoms with Crippen LogP contribution in [0.3, 0.4) is 0 Å². The first-order valence-corrected chi connectivity index (χ1v) is 17.2. The van der Waals surface area contributed by atoms with Crippen molar-refractivity contribution in [1.82, 2.24) is 5.16 Å². The molecule has 0 saturated carbocycles. The fraction of sp³-hybridized carbons (Fsp3) is 0.407. The van der Waals surface area contributed by atoms with Gasteiger partial charge in [0.2, 0.25) is 5.88 Å². The number of hydrogen-bond acceptors (Lipinski definition) is 7. The second-order valence-corrected chi connectivity index (χ2v) is 17.4. The number of nitrogens with zero attached hydrogens (tertiary/aromatic N) is 2. The van der Waals surface area contributed by atoms with Gasteiger partial charge < -0.3 is 14.0 Å². The summed E-state index contributed by atoms with van der Waals surface area (Å²) in [6, 6.07) is 12.0. The van der Waals surface area contributed by atoms with Gasteiger partial charge in [0.25, 0.3) is 10.0 Å². The van der Waals surface area contributed by atoms with Crippen molar-refractivity contribution in [2.75, 3.05) is 18.1 Å². The molecule has 200 valence electrons. The lowest BCUT2D eigenvalue weighted by Gasteiger charge is -2.29. The molecule has 1 heterocycles. The molecule has 0 bridgehead atoms. The van der Waals surface area contributed by atoms with Gasteiger partial charge in [0.05, 0.1) is 31.3 Å². The number of sulfonamides is 1. The number of methoxy groups -OCH3 is 1. The molecule has 3 rings (SSSR count). The number of carbonyl (C=O) groups is 1. The van der Waals surface area contributed by atoms with Crippen LogP contribution in [0.1, 0.15) is 41.0 Å². The molecule has 2 aromatic carbocycles. The normalized spacial score (nSPS) is 12.9. The fourth-order valence-corrected chi connectivity index (χ4v) is 5.84. The summed E-state index contributed by atoms with van der Waals surface area (Å²) >= 11 is 0. The van der Waals surface area contributed by atoms with E-state index in [4.69, 9.17) is 14.0 Å². The minimum absolute atomic E-state index is 0.0951. The van der Waals surface area contributed by atoms with Gasteiger partial charge in [-0.25, -0.2) is 17.5 Å². The Bertz CT molecular complexity index is 1380. The van der Waals surface area contributed by atoms with E-state index in [9.17, 15) is 13.2 Å². The molecule has 37 heavy (non-hydrogen) atoms. The average molecular weight is 545 g/mol. The van der Waals surface area contributed by atoms with E-state index in [1.165, 1.54) is 7.11 Å². The van der Waals surface area contributed by atoms with Crippen molar-refractivity contribution in [3.8, 4) is 11.1 Å². The smallest absolute Gasteiger partial charge is 0.337 e. The lowest BCUT2D eigenvalue weighted by atomic mass is 9.96. The van der Waals surface area contributed by atoms with Crippen molar-refractivity contribution in [2.24, 2.45) is 0 Å². The first-order chi connectivity index (χ1) is 17.3. The maximum absolute atomic E-state index is 14.3. The van der Waals surface area contributed by atoms with Crippen molar-refractivity contribution in [1.29, 1.82) is 0 Å². The standard InChI is InChI=1S/C27H36N2O6SSi/c1-9-21-16-22(27(30)33-5)14-15-23(21)24-12-10-11-13-25(24)36(31,32)29(17-34-20(4)37(6,7)8)26-18(2)19(3)28-35-26/h10-16,20H,9,17H2,1-8H3. The van der Waals surface area contributed by atoms with Crippen molar-refractivity contribution in [3.63, 3.8) is 0 Å². The van der Waals surface area contributed by atoms with E-state index in [2.05, 4.69) is 24.8 Å². The largest absolute Gasteiger partial charge is 0.465 e. The third kappa shape index (κ3) is 5.97. The Morgan fingerprint density at radius 3 is 2.35 bits per heavy atom. The number of rotatable bonds is 10. The van der Waals surface area contributed by atoms with Crippen LogP contribution in [0.5, 0.6) is 0 Å². The Kier molecular flexibility index (Phi) is 8.66. The molecule has 1 unspecified atom stereocenters. The van der Waals surface area contributed by atoms with E-state index in [0.717, 1.165) is 15.4 Å². The van der Waals surface area contributed by atoms with Crippen molar-refractivity contribution in [3.05, 3.63) is 64.8 Å². The highest BCUT2D eigenvalue weighted by atomic mass is 32.2. The van der Waals surface area contributed by atoms with Crippen LogP contribution >= 0.6 is 0 Å². The number of anilines is 1. The van der Waals surface area contributed by atoms with Crippen molar-refractivity contribution in [2.45, 2.75) is 64.4 Å². The Morgan fingerprint density at radius 1 is 1.11 bits per heavy atom. The zero-order valence-electron chi connectivity index (χ0n) is 22.8. The molecule has 0 radical (unpaired) electrons. The maximum atomic E-state index is 14.3. The molecule has 0 saturated heterocycles. The number of benzene rings is 2. The second kappa shape index (κ2) is 11.2. The monoisotopic (exact) mass is 544 g/mol. The molecule has 0 amide bonds. The minimum atomic E-state index is -4.14. The van der Waals surface area contributed by atoms with Crippen LogP contribution in [0, 0.1) is 13.8 Å². The van der Waals surface area contributed by atoms with Crippen LogP contribution in [0.25, 0.3) is 11.1 Å². The third-order valence-electron chi connectivity index (χ3n) is 6.67. The number of aryl methyl sites for hydroxylation is 2. The Balaban J connectivity index is 2.16.